The van der Waals surface area contributed by atoms with E-state index in [4.69, 9.17) is 4.74 Å². The number of pyridine rings is 1. The van der Waals surface area contributed by atoms with Gasteiger partial charge in [0.15, 0.2) is 0 Å². The van der Waals surface area contributed by atoms with Crippen LogP contribution in [-0.2, 0) is 6.61 Å². The van der Waals surface area contributed by atoms with E-state index in [1.807, 2.05) is 0 Å². The lowest BCUT2D eigenvalue weighted by molar-refractivity contribution is 0.0621. The van der Waals surface area contributed by atoms with E-state index in [1.165, 1.54) is 25.3 Å². The van der Waals surface area contributed by atoms with Crippen LogP contribution in [0.5, 0.6) is 5.75 Å². The van der Waals surface area contributed by atoms with Crippen molar-refractivity contribution in [2.75, 3.05) is 6.61 Å². The number of rotatable bonds is 6. The van der Waals surface area contributed by atoms with E-state index >= 15 is 0 Å². The number of aliphatic imine (C=N–C) groups is 1. The predicted octanol–water partition coefficient (Wildman–Crippen LogP) is 2.56. The van der Waals surface area contributed by atoms with Crippen molar-refractivity contribution in [2.45, 2.75) is 71.3 Å². The zero-order valence-corrected chi connectivity index (χ0v) is 16.0. The van der Waals surface area contributed by atoms with E-state index in [0.717, 1.165) is 6.42 Å². The Morgan fingerprint density at radius 1 is 1.38 bits per heavy atom. The van der Waals surface area contributed by atoms with Gasteiger partial charge in [0.25, 0.3) is 0 Å². The second-order valence-corrected chi connectivity index (χ2v) is 7.83. The number of ether oxygens (including phenoxy) is 1. The minimum Gasteiger partial charge on any atom is -0.491 e. The van der Waals surface area contributed by atoms with Crippen molar-refractivity contribution in [3.63, 3.8) is 0 Å². The molecule has 2 N–H and O–H groups in total. The Labute approximate surface area is 155 Å². The van der Waals surface area contributed by atoms with E-state index in [0.29, 0.717) is 41.8 Å². The predicted molar refractivity (Wildman–Crippen MR) is 103 cm³/mol. The van der Waals surface area contributed by atoms with Crippen LogP contribution >= 0.6 is 0 Å². The first-order chi connectivity index (χ1) is 12.5. The summed E-state index contributed by atoms with van der Waals surface area (Å²) in [6.07, 6.45) is 8.77. The van der Waals surface area contributed by atoms with Crippen LogP contribution in [-0.4, -0.2) is 46.1 Å². The normalized spacial score (nSPS) is 29.4. The highest BCUT2D eigenvalue weighted by molar-refractivity contribution is 5.67. The van der Waals surface area contributed by atoms with Gasteiger partial charge in [-0.15, -0.1) is 0 Å². The molecule has 0 spiro atoms. The molecule has 6 nitrogen and oxygen atoms in total. The molecule has 0 amide bonds. The van der Waals surface area contributed by atoms with Gasteiger partial charge in [0, 0.05) is 30.1 Å². The molecule has 1 aromatic rings. The van der Waals surface area contributed by atoms with E-state index < -0.39 is 0 Å². The third kappa shape index (κ3) is 4.01. The fourth-order valence-corrected chi connectivity index (χ4v) is 4.57. The SMILES string of the molecule is CC(C)N1C(C)N=CC1C1CCCCC1COc1c[nH]c(=O)cc1CO. The maximum Gasteiger partial charge on any atom is 0.248 e. The van der Waals surface area contributed by atoms with Gasteiger partial charge in [-0.3, -0.25) is 14.7 Å². The largest absolute Gasteiger partial charge is 0.491 e. The Balaban J connectivity index is 1.72. The first kappa shape index (κ1) is 19.1. The lowest BCUT2D eigenvalue weighted by Crippen LogP contribution is -2.48. The van der Waals surface area contributed by atoms with Gasteiger partial charge in [0.1, 0.15) is 5.75 Å². The summed E-state index contributed by atoms with van der Waals surface area (Å²) in [6, 6.07) is 2.23. The van der Waals surface area contributed by atoms with Gasteiger partial charge >= 0.3 is 0 Å². The third-order valence-electron chi connectivity index (χ3n) is 5.82. The number of aromatic nitrogens is 1. The monoisotopic (exact) mass is 361 g/mol. The zero-order chi connectivity index (χ0) is 18.7. The standard InChI is InChI=1S/C20H31N3O3/c1-13(2)23-14(3)21-9-18(23)17-7-5-4-6-15(17)12-26-19-10-22-20(25)8-16(19)11-24/h8-10,13-15,17-18,24H,4-7,11-12H2,1-3H3,(H,22,25). The molecule has 0 radical (unpaired) electrons. The van der Waals surface area contributed by atoms with E-state index in [-0.39, 0.29) is 18.3 Å². The van der Waals surface area contributed by atoms with Gasteiger partial charge < -0.3 is 14.8 Å². The summed E-state index contributed by atoms with van der Waals surface area (Å²) in [4.78, 5) is 21.2. The Kier molecular flexibility index (Phi) is 6.14. The molecule has 1 aromatic heterocycles. The number of nitrogens with zero attached hydrogens (tertiary/aromatic N) is 2. The molecule has 1 aliphatic heterocycles. The minimum absolute atomic E-state index is 0.193. The molecule has 4 unspecified atom stereocenters. The van der Waals surface area contributed by atoms with Crippen molar-refractivity contribution in [1.29, 1.82) is 0 Å². The highest BCUT2D eigenvalue weighted by atomic mass is 16.5. The molecular formula is C20H31N3O3. The van der Waals surface area contributed by atoms with E-state index in [2.05, 4.69) is 41.9 Å². The van der Waals surface area contributed by atoms with Crippen molar-refractivity contribution >= 4 is 6.21 Å². The number of aliphatic hydroxyl groups excluding tert-OH is 1. The first-order valence-electron chi connectivity index (χ1n) is 9.77. The Bertz CT molecular complexity index is 685. The summed E-state index contributed by atoms with van der Waals surface area (Å²) >= 11 is 0. The summed E-state index contributed by atoms with van der Waals surface area (Å²) in [6.45, 7) is 7.05. The Morgan fingerprint density at radius 3 is 2.88 bits per heavy atom. The Hall–Kier alpha value is -1.66. The van der Waals surface area contributed by atoms with Crippen LogP contribution in [0.4, 0.5) is 0 Å². The lowest BCUT2D eigenvalue weighted by atomic mass is 9.75. The molecule has 0 bridgehead atoms. The summed E-state index contributed by atoms with van der Waals surface area (Å²) < 4.78 is 6.04. The molecule has 0 aromatic carbocycles. The van der Waals surface area contributed by atoms with Crippen LogP contribution in [0.25, 0.3) is 0 Å². The summed E-state index contributed by atoms with van der Waals surface area (Å²) in [5.41, 5.74) is 0.321. The molecule has 6 heteroatoms. The maximum atomic E-state index is 11.4. The number of hydrogen-bond acceptors (Lipinski definition) is 5. The second kappa shape index (κ2) is 8.35. The van der Waals surface area contributed by atoms with Gasteiger partial charge in [-0.1, -0.05) is 12.8 Å². The first-order valence-corrected chi connectivity index (χ1v) is 9.77. The molecule has 1 saturated carbocycles. The van der Waals surface area contributed by atoms with Crippen molar-refractivity contribution in [3.05, 3.63) is 28.2 Å². The summed E-state index contributed by atoms with van der Waals surface area (Å²) in [5, 5.41) is 9.47. The summed E-state index contributed by atoms with van der Waals surface area (Å²) in [5.74, 6) is 1.55. The highest BCUT2D eigenvalue weighted by Crippen LogP contribution is 2.37. The molecule has 1 fully saturated rings. The van der Waals surface area contributed by atoms with Gasteiger partial charge in [0.2, 0.25) is 5.56 Å². The molecule has 3 rings (SSSR count). The molecule has 26 heavy (non-hydrogen) atoms. The zero-order valence-electron chi connectivity index (χ0n) is 16.0. The van der Waals surface area contributed by atoms with Crippen LogP contribution in [0.1, 0.15) is 52.0 Å². The van der Waals surface area contributed by atoms with Crippen LogP contribution in [0.15, 0.2) is 22.1 Å². The minimum atomic E-state index is -0.222. The van der Waals surface area contributed by atoms with Gasteiger partial charge in [-0.05, 0) is 45.4 Å². The molecule has 2 heterocycles. The van der Waals surface area contributed by atoms with Crippen LogP contribution in [0.3, 0.4) is 0 Å². The third-order valence-corrected chi connectivity index (χ3v) is 5.82. The van der Waals surface area contributed by atoms with E-state index in [1.54, 1.807) is 6.20 Å². The fraction of sp³-hybridized carbons (Fsp3) is 0.700. The summed E-state index contributed by atoms with van der Waals surface area (Å²) in [7, 11) is 0. The average molecular weight is 361 g/mol. The molecule has 1 aliphatic carbocycles. The average Bonchev–Trinajstić information content (AvgIpc) is 3.02. The molecule has 0 saturated heterocycles. The molecule has 4 atom stereocenters. The topological polar surface area (TPSA) is 77.9 Å². The van der Waals surface area contributed by atoms with Crippen molar-refractivity contribution < 1.29 is 9.84 Å². The number of nitrogens with one attached hydrogen (secondary N) is 1. The van der Waals surface area contributed by atoms with Crippen LogP contribution < -0.4 is 10.3 Å². The fourth-order valence-electron chi connectivity index (χ4n) is 4.57. The van der Waals surface area contributed by atoms with Gasteiger partial charge in [0.05, 0.1) is 25.4 Å². The molecular weight excluding hydrogens is 330 g/mol. The quantitative estimate of drug-likeness (QED) is 0.816. The second-order valence-electron chi connectivity index (χ2n) is 7.83. The van der Waals surface area contributed by atoms with Crippen molar-refractivity contribution in [3.8, 4) is 5.75 Å². The molecule has 144 valence electrons. The van der Waals surface area contributed by atoms with Crippen LogP contribution in [0.2, 0.25) is 0 Å². The van der Waals surface area contributed by atoms with Crippen LogP contribution in [0, 0.1) is 11.8 Å². The lowest BCUT2D eigenvalue weighted by Gasteiger charge is -2.41. The number of H-pyrrole nitrogens is 1. The van der Waals surface area contributed by atoms with Gasteiger partial charge in [-0.25, -0.2) is 0 Å². The smallest absolute Gasteiger partial charge is 0.248 e. The number of aliphatic hydroxyl groups is 1. The highest BCUT2D eigenvalue weighted by Gasteiger charge is 2.39. The molecule has 2 aliphatic rings. The van der Waals surface area contributed by atoms with Gasteiger partial charge in [-0.2, -0.15) is 0 Å². The van der Waals surface area contributed by atoms with Crippen molar-refractivity contribution in [1.82, 2.24) is 9.88 Å². The van der Waals surface area contributed by atoms with Crippen molar-refractivity contribution in [2.24, 2.45) is 16.8 Å². The number of hydrogen-bond donors (Lipinski definition) is 2. The number of aromatic amines is 1. The van der Waals surface area contributed by atoms with E-state index in [9.17, 15) is 9.90 Å². The maximum absolute atomic E-state index is 11.4. The Morgan fingerprint density at radius 2 is 2.15 bits per heavy atom.